The van der Waals surface area contributed by atoms with Gasteiger partial charge in [0.2, 0.25) is 10.0 Å². The molecule has 1 aliphatic rings. The van der Waals surface area contributed by atoms with Crippen molar-refractivity contribution in [2.24, 2.45) is 0 Å². The number of sulfonamides is 1. The number of nitrogens with one attached hydrogen (secondary N) is 1. The lowest BCUT2D eigenvalue weighted by molar-refractivity contribution is -0.155. The molecule has 1 aromatic rings. The van der Waals surface area contributed by atoms with Crippen molar-refractivity contribution in [2.75, 3.05) is 32.8 Å². The fraction of sp³-hybridized carbons (Fsp3) is 0.500. The van der Waals surface area contributed by atoms with Crippen molar-refractivity contribution in [3.8, 4) is 0 Å². The Morgan fingerprint density at radius 3 is 2.50 bits per heavy atom. The Morgan fingerprint density at radius 2 is 1.92 bits per heavy atom. The van der Waals surface area contributed by atoms with Gasteiger partial charge in [0, 0.05) is 18.7 Å². The molecular weight excluding hydrogens is 364 g/mol. The summed E-state index contributed by atoms with van der Waals surface area (Å²) in [5.74, 6) is -2.15. The number of carboxylic acids is 1. The second-order valence-corrected chi connectivity index (χ2v) is 8.16. The molecule has 1 saturated heterocycles. The van der Waals surface area contributed by atoms with E-state index in [1.807, 2.05) is 0 Å². The molecule has 26 heavy (non-hydrogen) atoms. The van der Waals surface area contributed by atoms with Gasteiger partial charge in [0.15, 0.2) is 5.60 Å². The Kier molecular flexibility index (Phi) is 6.02. The summed E-state index contributed by atoms with van der Waals surface area (Å²) >= 11 is 0. The van der Waals surface area contributed by atoms with Crippen LogP contribution in [0.3, 0.4) is 0 Å². The molecule has 0 bridgehead atoms. The van der Waals surface area contributed by atoms with E-state index in [-0.39, 0.29) is 23.5 Å². The number of benzene rings is 1. The van der Waals surface area contributed by atoms with E-state index in [1.165, 1.54) is 22.5 Å². The monoisotopic (exact) mass is 386 g/mol. The quantitative estimate of drug-likeness (QED) is 0.605. The molecule has 1 fully saturated rings. The van der Waals surface area contributed by atoms with Crippen LogP contribution in [0.25, 0.3) is 0 Å². The maximum Gasteiger partial charge on any atom is 0.337 e. The zero-order chi connectivity index (χ0) is 19.5. The predicted molar refractivity (Wildman–Crippen MR) is 91.3 cm³/mol. The minimum atomic E-state index is -3.78. The molecule has 0 aromatic heterocycles. The number of aryl methyl sites for hydroxylation is 1. The minimum absolute atomic E-state index is 0.0112. The van der Waals surface area contributed by atoms with Crippen LogP contribution in [-0.2, 0) is 19.6 Å². The van der Waals surface area contributed by atoms with E-state index in [2.05, 4.69) is 5.32 Å². The molecule has 0 saturated carbocycles. The lowest BCUT2D eigenvalue weighted by Crippen LogP contribution is -2.46. The van der Waals surface area contributed by atoms with Crippen molar-refractivity contribution in [3.63, 3.8) is 0 Å². The number of aliphatic carboxylic acids is 1. The summed E-state index contributed by atoms with van der Waals surface area (Å²) in [4.78, 5) is 23.1. The SMILES string of the molecule is Cc1ccc(C(=O)NCC(C)(O)C(=O)O)cc1S(=O)(=O)N1CCOCC1. The van der Waals surface area contributed by atoms with E-state index >= 15 is 0 Å². The van der Waals surface area contributed by atoms with E-state index in [0.29, 0.717) is 18.8 Å². The van der Waals surface area contributed by atoms with Gasteiger partial charge in [-0.2, -0.15) is 4.31 Å². The highest BCUT2D eigenvalue weighted by atomic mass is 32.2. The Bertz CT molecular complexity index is 799. The number of hydrogen-bond donors (Lipinski definition) is 3. The van der Waals surface area contributed by atoms with Crippen LogP contribution in [0.4, 0.5) is 0 Å². The molecule has 1 aliphatic heterocycles. The highest BCUT2D eigenvalue weighted by Crippen LogP contribution is 2.22. The summed E-state index contributed by atoms with van der Waals surface area (Å²) < 4.78 is 32.1. The van der Waals surface area contributed by atoms with E-state index in [4.69, 9.17) is 9.84 Å². The van der Waals surface area contributed by atoms with Crippen LogP contribution in [0.15, 0.2) is 23.1 Å². The summed E-state index contributed by atoms with van der Waals surface area (Å²) in [7, 11) is -3.78. The zero-order valence-electron chi connectivity index (χ0n) is 14.6. The third-order valence-electron chi connectivity index (χ3n) is 4.09. The third kappa shape index (κ3) is 4.39. The van der Waals surface area contributed by atoms with Gasteiger partial charge in [-0.3, -0.25) is 4.79 Å². The molecule has 9 nitrogen and oxygen atoms in total. The average molecular weight is 386 g/mol. The number of hydrogen-bond acceptors (Lipinski definition) is 6. The Hall–Kier alpha value is -2.01. The lowest BCUT2D eigenvalue weighted by atomic mass is 10.1. The molecule has 1 heterocycles. The molecule has 0 radical (unpaired) electrons. The summed E-state index contributed by atoms with van der Waals surface area (Å²) in [5, 5.41) is 20.8. The minimum Gasteiger partial charge on any atom is -0.479 e. The molecular formula is C16H22N2O7S. The molecule has 10 heteroatoms. The number of ether oxygens (including phenoxy) is 1. The maximum atomic E-state index is 12.8. The highest BCUT2D eigenvalue weighted by Gasteiger charge is 2.31. The van der Waals surface area contributed by atoms with Crippen LogP contribution in [0.2, 0.25) is 0 Å². The van der Waals surface area contributed by atoms with Crippen LogP contribution < -0.4 is 5.32 Å². The average Bonchev–Trinajstić information content (AvgIpc) is 2.60. The number of carbonyl (C=O) groups excluding carboxylic acids is 1. The van der Waals surface area contributed by atoms with Gasteiger partial charge < -0.3 is 20.3 Å². The molecule has 0 aliphatic carbocycles. The first kappa shape index (κ1) is 20.3. The number of aliphatic hydroxyl groups is 1. The molecule has 1 atom stereocenters. The first-order valence-electron chi connectivity index (χ1n) is 7.98. The predicted octanol–water partition coefficient (Wildman–Crippen LogP) is -0.419. The van der Waals surface area contributed by atoms with E-state index in [1.54, 1.807) is 6.92 Å². The molecule has 2 rings (SSSR count). The van der Waals surface area contributed by atoms with Crippen LogP contribution in [0.5, 0.6) is 0 Å². The largest absolute Gasteiger partial charge is 0.479 e. The molecule has 144 valence electrons. The number of amides is 1. The Morgan fingerprint density at radius 1 is 1.31 bits per heavy atom. The molecule has 0 spiro atoms. The number of carboxylic acid groups (broad SMARTS) is 1. The fourth-order valence-corrected chi connectivity index (χ4v) is 4.03. The molecule has 1 aromatic carbocycles. The normalized spacial score (nSPS) is 18.1. The van der Waals surface area contributed by atoms with E-state index in [9.17, 15) is 23.1 Å². The fourth-order valence-electron chi connectivity index (χ4n) is 2.38. The number of nitrogens with zero attached hydrogens (tertiary/aromatic N) is 1. The molecule has 1 amide bonds. The van der Waals surface area contributed by atoms with E-state index in [0.717, 1.165) is 6.92 Å². The van der Waals surface area contributed by atoms with Crippen molar-refractivity contribution < 1.29 is 33.0 Å². The maximum absolute atomic E-state index is 12.8. The van der Waals surface area contributed by atoms with Crippen molar-refractivity contribution in [1.82, 2.24) is 9.62 Å². The van der Waals surface area contributed by atoms with Gasteiger partial charge >= 0.3 is 5.97 Å². The smallest absolute Gasteiger partial charge is 0.337 e. The highest BCUT2D eigenvalue weighted by molar-refractivity contribution is 7.89. The number of morpholine rings is 1. The topological polar surface area (TPSA) is 133 Å². The van der Waals surface area contributed by atoms with Crippen molar-refractivity contribution in [1.29, 1.82) is 0 Å². The standard InChI is InChI=1S/C16H22N2O7S/c1-11-3-4-12(14(19)17-10-16(2,22)15(20)21)9-13(11)26(23,24)18-5-7-25-8-6-18/h3-4,9,22H,5-8,10H2,1-2H3,(H,17,19)(H,20,21). The number of carbonyl (C=O) groups is 2. The molecule has 1 unspecified atom stereocenters. The molecule has 3 N–H and O–H groups in total. The Balaban J connectivity index is 2.23. The van der Waals surface area contributed by atoms with Crippen LogP contribution >= 0.6 is 0 Å². The first-order valence-corrected chi connectivity index (χ1v) is 9.42. The summed E-state index contributed by atoms with van der Waals surface area (Å²) in [5.41, 5.74) is -1.57. The van der Waals surface area contributed by atoms with Gasteiger partial charge in [0.25, 0.3) is 5.91 Å². The second-order valence-electron chi connectivity index (χ2n) is 6.26. The van der Waals surface area contributed by atoms with Crippen LogP contribution in [0, 0.1) is 6.92 Å². The third-order valence-corrected chi connectivity index (χ3v) is 6.13. The zero-order valence-corrected chi connectivity index (χ0v) is 15.4. The summed E-state index contributed by atoms with van der Waals surface area (Å²) in [6, 6.07) is 4.21. The second kappa shape index (κ2) is 7.70. The van der Waals surface area contributed by atoms with Gasteiger partial charge in [0.05, 0.1) is 24.7 Å². The summed E-state index contributed by atoms with van der Waals surface area (Å²) in [6.45, 7) is 3.26. The van der Waals surface area contributed by atoms with Gasteiger partial charge in [-0.15, -0.1) is 0 Å². The van der Waals surface area contributed by atoms with Gasteiger partial charge in [-0.05, 0) is 31.5 Å². The Labute approximate surface area is 151 Å². The van der Waals surface area contributed by atoms with E-state index < -0.39 is 34.0 Å². The van der Waals surface area contributed by atoms with Gasteiger partial charge in [-0.25, -0.2) is 13.2 Å². The number of rotatable bonds is 6. The lowest BCUT2D eigenvalue weighted by Gasteiger charge is -2.26. The van der Waals surface area contributed by atoms with Crippen LogP contribution in [-0.4, -0.2) is 73.3 Å². The van der Waals surface area contributed by atoms with Crippen LogP contribution in [0.1, 0.15) is 22.8 Å². The summed E-state index contributed by atoms with van der Waals surface area (Å²) in [6.07, 6.45) is 0. The van der Waals surface area contributed by atoms with Crippen molar-refractivity contribution >= 4 is 21.9 Å². The van der Waals surface area contributed by atoms with Gasteiger partial charge in [0.1, 0.15) is 0 Å². The first-order chi connectivity index (χ1) is 12.1. The van der Waals surface area contributed by atoms with Crippen molar-refractivity contribution in [2.45, 2.75) is 24.3 Å². The van der Waals surface area contributed by atoms with Gasteiger partial charge in [-0.1, -0.05) is 6.07 Å². The van der Waals surface area contributed by atoms with Crippen molar-refractivity contribution in [3.05, 3.63) is 29.3 Å².